The highest BCUT2D eigenvalue weighted by molar-refractivity contribution is 6.33. The molecular weight excluding hydrogens is 287 g/mol. The molecule has 0 aromatic heterocycles. The van der Waals surface area contributed by atoms with Gasteiger partial charge in [-0.25, -0.2) is 0 Å². The van der Waals surface area contributed by atoms with Gasteiger partial charge in [0.05, 0.1) is 12.6 Å². The third kappa shape index (κ3) is 4.66. The van der Waals surface area contributed by atoms with Gasteiger partial charge in [0.2, 0.25) is 5.91 Å². The Hall–Kier alpha value is -0.810. The van der Waals surface area contributed by atoms with Crippen LogP contribution in [0.25, 0.3) is 0 Å². The summed E-state index contributed by atoms with van der Waals surface area (Å²) in [6, 6.07) is 5.28. The summed E-state index contributed by atoms with van der Waals surface area (Å²) in [7, 11) is 0. The second-order valence-electron chi connectivity index (χ2n) is 4.65. The van der Waals surface area contributed by atoms with Gasteiger partial charge in [-0.3, -0.25) is 4.79 Å². The van der Waals surface area contributed by atoms with Gasteiger partial charge in [0.15, 0.2) is 0 Å². The van der Waals surface area contributed by atoms with Crippen molar-refractivity contribution in [3.8, 4) is 0 Å². The molecule has 0 saturated heterocycles. The van der Waals surface area contributed by atoms with Crippen molar-refractivity contribution < 1.29 is 9.90 Å². The Balaban J connectivity index is 1.78. The van der Waals surface area contributed by atoms with Crippen molar-refractivity contribution in [1.29, 1.82) is 0 Å². The molecule has 1 aromatic carbocycles. The molecule has 4 nitrogen and oxygen atoms in total. The summed E-state index contributed by atoms with van der Waals surface area (Å²) in [4.78, 5) is 11.4. The lowest BCUT2D eigenvalue weighted by molar-refractivity contribution is -0.120. The van der Waals surface area contributed by atoms with Crippen LogP contribution in [0.15, 0.2) is 18.2 Å². The third-order valence-corrected chi connectivity index (χ3v) is 3.46. The number of carbonyl (C=O) groups excluding carboxylic acids is 1. The second-order valence-corrected chi connectivity index (χ2v) is 5.50. The summed E-state index contributed by atoms with van der Waals surface area (Å²) in [5.74, 6) is -0.0492. The molecule has 3 N–H and O–H groups in total. The molecule has 104 valence electrons. The summed E-state index contributed by atoms with van der Waals surface area (Å²) in [6.07, 6.45) is 1.33. The Morgan fingerprint density at radius 2 is 2.16 bits per heavy atom. The summed E-state index contributed by atoms with van der Waals surface area (Å²) in [5, 5.41) is 16.7. The topological polar surface area (TPSA) is 61.4 Å². The van der Waals surface area contributed by atoms with E-state index in [2.05, 4.69) is 10.6 Å². The minimum absolute atomic E-state index is 0.0492. The molecule has 1 atom stereocenters. The Labute approximate surface area is 122 Å². The van der Waals surface area contributed by atoms with Crippen LogP contribution in [0, 0.1) is 0 Å². The molecule has 0 spiro atoms. The summed E-state index contributed by atoms with van der Waals surface area (Å²) in [5.41, 5.74) is 0.560. The number of amides is 1. The van der Waals surface area contributed by atoms with Crippen LogP contribution in [-0.2, 0) is 4.79 Å². The van der Waals surface area contributed by atoms with Crippen molar-refractivity contribution in [2.45, 2.75) is 25.0 Å². The lowest BCUT2D eigenvalue weighted by Gasteiger charge is -2.14. The average molecular weight is 303 g/mol. The molecular formula is C13H16Cl2N2O2. The summed E-state index contributed by atoms with van der Waals surface area (Å²) in [6.45, 7) is 0.434. The maximum absolute atomic E-state index is 11.4. The largest absolute Gasteiger partial charge is 0.387 e. The van der Waals surface area contributed by atoms with Crippen molar-refractivity contribution in [1.82, 2.24) is 10.6 Å². The SMILES string of the molecule is O=C(CNCC(O)c1cc(Cl)ccc1Cl)NC1CC1. The molecule has 1 saturated carbocycles. The van der Waals surface area contributed by atoms with Crippen LogP contribution < -0.4 is 10.6 Å². The fourth-order valence-electron chi connectivity index (χ4n) is 1.71. The highest BCUT2D eigenvalue weighted by atomic mass is 35.5. The van der Waals surface area contributed by atoms with E-state index in [-0.39, 0.29) is 19.0 Å². The Morgan fingerprint density at radius 3 is 2.84 bits per heavy atom. The van der Waals surface area contributed by atoms with E-state index in [1.54, 1.807) is 18.2 Å². The lowest BCUT2D eigenvalue weighted by atomic mass is 10.1. The van der Waals surface area contributed by atoms with E-state index in [0.29, 0.717) is 21.7 Å². The van der Waals surface area contributed by atoms with Gasteiger partial charge in [-0.05, 0) is 31.0 Å². The van der Waals surface area contributed by atoms with Gasteiger partial charge in [-0.2, -0.15) is 0 Å². The number of nitrogens with one attached hydrogen (secondary N) is 2. The van der Waals surface area contributed by atoms with Crippen LogP contribution in [-0.4, -0.2) is 30.1 Å². The van der Waals surface area contributed by atoms with Crippen molar-refractivity contribution in [2.75, 3.05) is 13.1 Å². The van der Waals surface area contributed by atoms with Gasteiger partial charge >= 0.3 is 0 Å². The van der Waals surface area contributed by atoms with E-state index in [1.165, 1.54) is 0 Å². The van der Waals surface area contributed by atoms with E-state index in [4.69, 9.17) is 23.2 Å². The summed E-state index contributed by atoms with van der Waals surface area (Å²) >= 11 is 11.8. The fourth-order valence-corrected chi connectivity index (χ4v) is 2.13. The molecule has 19 heavy (non-hydrogen) atoms. The van der Waals surface area contributed by atoms with Crippen LogP contribution in [0.1, 0.15) is 24.5 Å². The van der Waals surface area contributed by atoms with Gasteiger partial charge < -0.3 is 15.7 Å². The monoisotopic (exact) mass is 302 g/mol. The molecule has 0 bridgehead atoms. The first-order chi connectivity index (χ1) is 9.06. The van der Waals surface area contributed by atoms with E-state index < -0.39 is 6.10 Å². The number of benzene rings is 1. The Morgan fingerprint density at radius 1 is 1.42 bits per heavy atom. The quantitative estimate of drug-likeness (QED) is 0.752. The van der Waals surface area contributed by atoms with Crippen LogP contribution in [0.2, 0.25) is 10.0 Å². The van der Waals surface area contributed by atoms with E-state index >= 15 is 0 Å². The van der Waals surface area contributed by atoms with Crippen molar-refractivity contribution in [3.05, 3.63) is 33.8 Å². The molecule has 0 heterocycles. The molecule has 1 fully saturated rings. The zero-order valence-electron chi connectivity index (χ0n) is 10.3. The third-order valence-electron chi connectivity index (χ3n) is 2.88. The summed E-state index contributed by atoms with van der Waals surface area (Å²) < 4.78 is 0. The molecule has 1 amide bonds. The number of hydrogen-bond acceptors (Lipinski definition) is 3. The number of carbonyl (C=O) groups is 1. The number of aliphatic hydroxyl groups is 1. The Bertz CT molecular complexity index is 464. The maximum atomic E-state index is 11.4. The minimum Gasteiger partial charge on any atom is -0.387 e. The molecule has 1 aliphatic carbocycles. The van der Waals surface area contributed by atoms with Crippen LogP contribution in [0.4, 0.5) is 0 Å². The zero-order chi connectivity index (χ0) is 13.8. The first-order valence-electron chi connectivity index (χ1n) is 6.19. The number of rotatable bonds is 6. The molecule has 2 rings (SSSR count). The van der Waals surface area contributed by atoms with Crippen molar-refractivity contribution in [2.24, 2.45) is 0 Å². The Kier molecular flexibility index (Phi) is 5.05. The van der Waals surface area contributed by atoms with Gasteiger partial charge in [0, 0.05) is 28.2 Å². The van der Waals surface area contributed by atoms with Gasteiger partial charge in [0.25, 0.3) is 0 Å². The van der Waals surface area contributed by atoms with E-state index in [9.17, 15) is 9.90 Å². The standard InChI is InChI=1S/C13H16Cl2N2O2/c14-8-1-4-11(15)10(5-8)12(18)6-16-7-13(19)17-9-2-3-9/h1,4-5,9,12,16,18H,2-3,6-7H2,(H,17,19). The normalized spacial score (nSPS) is 16.2. The van der Waals surface area contributed by atoms with Crippen LogP contribution >= 0.6 is 23.2 Å². The molecule has 1 aliphatic rings. The molecule has 1 aromatic rings. The number of halogens is 2. The second kappa shape index (κ2) is 6.57. The zero-order valence-corrected chi connectivity index (χ0v) is 11.8. The number of aliphatic hydroxyl groups excluding tert-OH is 1. The average Bonchev–Trinajstić information content (AvgIpc) is 3.16. The van der Waals surface area contributed by atoms with Crippen molar-refractivity contribution >= 4 is 29.1 Å². The highest BCUT2D eigenvalue weighted by Crippen LogP contribution is 2.25. The molecule has 0 radical (unpaired) electrons. The van der Waals surface area contributed by atoms with Crippen LogP contribution in [0.5, 0.6) is 0 Å². The van der Waals surface area contributed by atoms with E-state index in [1.807, 2.05) is 0 Å². The number of hydrogen-bond donors (Lipinski definition) is 3. The minimum atomic E-state index is -0.792. The first kappa shape index (κ1) is 14.6. The van der Waals surface area contributed by atoms with Crippen molar-refractivity contribution in [3.63, 3.8) is 0 Å². The van der Waals surface area contributed by atoms with Gasteiger partial charge in [-0.1, -0.05) is 23.2 Å². The van der Waals surface area contributed by atoms with Crippen LogP contribution in [0.3, 0.4) is 0 Å². The molecule has 6 heteroatoms. The predicted octanol–water partition coefficient (Wildman–Crippen LogP) is 1.90. The molecule has 0 aliphatic heterocycles. The van der Waals surface area contributed by atoms with Gasteiger partial charge in [0.1, 0.15) is 0 Å². The first-order valence-corrected chi connectivity index (χ1v) is 6.95. The fraction of sp³-hybridized carbons (Fsp3) is 0.462. The van der Waals surface area contributed by atoms with Gasteiger partial charge in [-0.15, -0.1) is 0 Å². The van der Waals surface area contributed by atoms with E-state index in [0.717, 1.165) is 12.8 Å². The lowest BCUT2D eigenvalue weighted by Crippen LogP contribution is -2.36. The predicted molar refractivity (Wildman–Crippen MR) is 75.5 cm³/mol. The maximum Gasteiger partial charge on any atom is 0.234 e. The molecule has 1 unspecified atom stereocenters. The smallest absolute Gasteiger partial charge is 0.234 e. The highest BCUT2D eigenvalue weighted by Gasteiger charge is 2.23.